The summed E-state index contributed by atoms with van der Waals surface area (Å²) in [6.07, 6.45) is 1.74. The molecule has 5 nitrogen and oxygen atoms in total. The van der Waals surface area contributed by atoms with Crippen molar-refractivity contribution in [2.24, 2.45) is 0 Å². The number of thiazole rings is 1. The average Bonchev–Trinajstić information content (AvgIpc) is 3.21. The summed E-state index contributed by atoms with van der Waals surface area (Å²) in [6.45, 7) is 1.32. The van der Waals surface area contributed by atoms with Crippen molar-refractivity contribution >= 4 is 55.5 Å². The molecule has 1 aliphatic rings. The number of nitrogens with zero attached hydrogens (tertiary/aromatic N) is 3. The first-order chi connectivity index (χ1) is 11.0. The summed E-state index contributed by atoms with van der Waals surface area (Å²) in [5.74, 6) is 0.150. The first kappa shape index (κ1) is 16.6. The third-order valence-electron chi connectivity index (χ3n) is 3.62. The largest absolute Gasteiger partial charge is 0.340 e. The van der Waals surface area contributed by atoms with Gasteiger partial charge in [-0.25, -0.2) is 4.98 Å². The van der Waals surface area contributed by atoms with Crippen molar-refractivity contribution in [1.29, 1.82) is 0 Å². The van der Waals surface area contributed by atoms with Crippen molar-refractivity contribution in [3.8, 4) is 0 Å². The summed E-state index contributed by atoms with van der Waals surface area (Å²) in [4.78, 5) is 33.1. The van der Waals surface area contributed by atoms with Crippen LogP contribution in [0, 0.1) is 0 Å². The van der Waals surface area contributed by atoms with E-state index >= 15 is 0 Å². The standard InChI is InChI=1S/C15H16BrN3O2S2/c1-18(7-12-5-10(16)8-22-12)14(21)6-11-9-23-15(17-11)19-4-2-3-13(19)20/h5,8-9H,2-4,6-7H2,1H3. The molecule has 122 valence electrons. The fraction of sp³-hybridized carbons (Fsp3) is 0.400. The van der Waals surface area contributed by atoms with E-state index in [1.807, 2.05) is 16.8 Å². The minimum atomic E-state index is 0.0270. The number of anilines is 1. The Hall–Kier alpha value is -1.25. The molecule has 0 spiro atoms. The van der Waals surface area contributed by atoms with Crippen LogP contribution in [0.25, 0.3) is 0 Å². The van der Waals surface area contributed by atoms with Gasteiger partial charge in [-0.15, -0.1) is 22.7 Å². The molecule has 0 radical (unpaired) electrons. The highest BCUT2D eigenvalue weighted by atomic mass is 79.9. The molecule has 0 aromatic carbocycles. The number of rotatable bonds is 5. The Morgan fingerprint density at radius 3 is 2.91 bits per heavy atom. The summed E-state index contributed by atoms with van der Waals surface area (Å²) in [5, 5.41) is 4.59. The monoisotopic (exact) mass is 413 g/mol. The van der Waals surface area contributed by atoms with E-state index < -0.39 is 0 Å². The van der Waals surface area contributed by atoms with E-state index in [1.54, 1.807) is 28.2 Å². The Kier molecular flexibility index (Phi) is 5.13. The van der Waals surface area contributed by atoms with Crippen LogP contribution in [0.5, 0.6) is 0 Å². The van der Waals surface area contributed by atoms with Crippen molar-refractivity contribution < 1.29 is 9.59 Å². The predicted octanol–water partition coefficient (Wildman–Crippen LogP) is 3.30. The highest BCUT2D eigenvalue weighted by molar-refractivity contribution is 9.10. The first-order valence-electron chi connectivity index (χ1n) is 7.24. The van der Waals surface area contributed by atoms with E-state index in [0.717, 1.165) is 28.0 Å². The van der Waals surface area contributed by atoms with Crippen molar-refractivity contribution in [1.82, 2.24) is 9.88 Å². The van der Waals surface area contributed by atoms with Crippen LogP contribution in [0.2, 0.25) is 0 Å². The van der Waals surface area contributed by atoms with E-state index in [2.05, 4.69) is 20.9 Å². The lowest BCUT2D eigenvalue weighted by Crippen LogP contribution is -2.27. The zero-order valence-corrected chi connectivity index (χ0v) is 15.8. The Morgan fingerprint density at radius 2 is 2.26 bits per heavy atom. The molecule has 1 saturated heterocycles. The van der Waals surface area contributed by atoms with Crippen LogP contribution >= 0.6 is 38.6 Å². The second-order valence-electron chi connectivity index (χ2n) is 5.43. The topological polar surface area (TPSA) is 53.5 Å². The number of carbonyl (C=O) groups is 2. The summed E-state index contributed by atoms with van der Waals surface area (Å²) < 4.78 is 1.04. The molecule has 0 aliphatic carbocycles. The number of likely N-dealkylation sites (N-methyl/N-ethyl adjacent to an activating group) is 1. The van der Waals surface area contributed by atoms with Gasteiger partial charge in [0.25, 0.3) is 0 Å². The molecule has 0 N–H and O–H groups in total. The molecule has 2 amide bonds. The lowest BCUT2D eigenvalue weighted by atomic mass is 10.3. The van der Waals surface area contributed by atoms with E-state index in [0.29, 0.717) is 18.1 Å². The molecular formula is C15H16BrN3O2S2. The molecule has 0 atom stereocenters. The molecular weight excluding hydrogens is 398 g/mol. The highest BCUT2D eigenvalue weighted by Gasteiger charge is 2.24. The number of hydrogen-bond acceptors (Lipinski definition) is 5. The predicted molar refractivity (Wildman–Crippen MR) is 95.9 cm³/mol. The Morgan fingerprint density at radius 1 is 1.43 bits per heavy atom. The summed E-state index contributed by atoms with van der Waals surface area (Å²) in [6, 6.07) is 2.02. The van der Waals surface area contributed by atoms with Gasteiger partial charge in [0.2, 0.25) is 11.8 Å². The fourth-order valence-electron chi connectivity index (χ4n) is 2.40. The van der Waals surface area contributed by atoms with Crippen LogP contribution in [-0.4, -0.2) is 35.3 Å². The number of halogens is 1. The zero-order chi connectivity index (χ0) is 16.4. The zero-order valence-electron chi connectivity index (χ0n) is 12.6. The van der Waals surface area contributed by atoms with Crippen molar-refractivity contribution in [3.05, 3.63) is 31.9 Å². The molecule has 23 heavy (non-hydrogen) atoms. The van der Waals surface area contributed by atoms with Crippen LogP contribution in [-0.2, 0) is 22.6 Å². The maximum atomic E-state index is 12.3. The summed E-state index contributed by atoms with van der Waals surface area (Å²) >= 11 is 6.47. The van der Waals surface area contributed by atoms with Gasteiger partial charge in [0.1, 0.15) is 0 Å². The van der Waals surface area contributed by atoms with Gasteiger partial charge in [0.05, 0.1) is 18.7 Å². The molecule has 0 bridgehead atoms. The maximum Gasteiger partial charge on any atom is 0.228 e. The van der Waals surface area contributed by atoms with Crippen LogP contribution in [0.1, 0.15) is 23.4 Å². The van der Waals surface area contributed by atoms with E-state index in [4.69, 9.17) is 0 Å². The number of aromatic nitrogens is 1. The normalized spacial score (nSPS) is 14.5. The third-order valence-corrected chi connectivity index (χ3v) is 6.21. The molecule has 0 unspecified atom stereocenters. The average molecular weight is 414 g/mol. The molecule has 8 heteroatoms. The molecule has 3 heterocycles. The van der Waals surface area contributed by atoms with Gasteiger partial charge in [-0.2, -0.15) is 0 Å². The van der Waals surface area contributed by atoms with Gasteiger partial charge < -0.3 is 4.90 Å². The number of carbonyl (C=O) groups excluding carboxylic acids is 2. The number of hydrogen-bond donors (Lipinski definition) is 0. The Bertz CT molecular complexity index is 728. The Balaban J connectivity index is 1.59. The van der Waals surface area contributed by atoms with Crippen LogP contribution in [0.4, 0.5) is 5.13 Å². The Labute approximate surface area is 151 Å². The third kappa shape index (κ3) is 3.99. The van der Waals surface area contributed by atoms with E-state index in [9.17, 15) is 9.59 Å². The van der Waals surface area contributed by atoms with E-state index in [-0.39, 0.29) is 18.2 Å². The van der Waals surface area contributed by atoms with Gasteiger partial charge in [-0.1, -0.05) is 0 Å². The highest BCUT2D eigenvalue weighted by Crippen LogP contribution is 2.26. The minimum absolute atomic E-state index is 0.0270. The lowest BCUT2D eigenvalue weighted by Gasteiger charge is -2.15. The molecule has 0 saturated carbocycles. The van der Waals surface area contributed by atoms with Gasteiger partial charge in [-0.3, -0.25) is 14.5 Å². The quantitative estimate of drug-likeness (QED) is 0.755. The van der Waals surface area contributed by atoms with Crippen LogP contribution < -0.4 is 4.90 Å². The van der Waals surface area contributed by atoms with E-state index in [1.165, 1.54) is 11.3 Å². The second-order valence-corrected chi connectivity index (χ2v) is 8.18. The number of thiophene rings is 1. The van der Waals surface area contributed by atoms with Gasteiger partial charge in [-0.05, 0) is 28.4 Å². The molecule has 2 aromatic heterocycles. The van der Waals surface area contributed by atoms with Gasteiger partial charge in [0, 0.05) is 40.1 Å². The van der Waals surface area contributed by atoms with Crippen LogP contribution in [0.3, 0.4) is 0 Å². The summed E-state index contributed by atoms with van der Waals surface area (Å²) in [5.41, 5.74) is 0.730. The minimum Gasteiger partial charge on any atom is -0.340 e. The smallest absolute Gasteiger partial charge is 0.228 e. The first-order valence-corrected chi connectivity index (χ1v) is 9.80. The summed E-state index contributed by atoms with van der Waals surface area (Å²) in [7, 11) is 1.80. The van der Waals surface area contributed by atoms with Crippen LogP contribution in [0.15, 0.2) is 21.3 Å². The molecule has 1 aliphatic heterocycles. The van der Waals surface area contributed by atoms with Crippen molar-refractivity contribution in [2.75, 3.05) is 18.5 Å². The van der Waals surface area contributed by atoms with Gasteiger partial charge >= 0.3 is 0 Å². The second kappa shape index (κ2) is 7.11. The molecule has 1 fully saturated rings. The van der Waals surface area contributed by atoms with Crippen molar-refractivity contribution in [3.63, 3.8) is 0 Å². The van der Waals surface area contributed by atoms with Gasteiger partial charge in [0.15, 0.2) is 5.13 Å². The van der Waals surface area contributed by atoms with Crippen molar-refractivity contribution in [2.45, 2.75) is 25.8 Å². The molecule has 3 rings (SSSR count). The fourth-order valence-corrected chi connectivity index (χ4v) is 4.77. The number of amides is 2. The maximum absolute atomic E-state index is 12.3. The molecule has 2 aromatic rings. The SMILES string of the molecule is CN(Cc1cc(Br)cs1)C(=O)Cc1csc(N2CCCC2=O)n1. The lowest BCUT2D eigenvalue weighted by molar-refractivity contribution is -0.129.